The van der Waals surface area contributed by atoms with Gasteiger partial charge in [0.15, 0.2) is 15.6 Å². The average molecular weight is 615 g/mol. The molecule has 41 heavy (non-hydrogen) atoms. The van der Waals surface area contributed by atoms with Gasteiger partial charge in [-0.05, 0) is 36.0 Å². The lowest BCUT2D eigenvalue weighted by Crippen LogP contribution is -2.11. The van der Waals surface area contributed by atoms with Crippen LogP contribution in [0.1, 0.15) is 29.8 Å². The van der Waals surface area contributed by atoms with E-state index in [4.69, 9.17) is 18.6 Å². The van der Waals surface area contributed by atoms with Crippen molar-refractivity contribution in [1.29, 1.82) is 0 Å². The van der Waals surface area contributed by atoms with Crippen LogP contribution < -0.4 is 19.0 Å². The minimum Gasteiger partial charge on any atom is -0.496 e. The monoisotopic (exact) mass is 614 g/mol. The van der Waals surface area contributed by atoms with Gasteiger partial charge in [-0.3, -0.25) is 0 Å². The molecule has 0 amide bonds. The third kappa shape index (κ3) is 7.23. The Balaban J connectivity index is 1.56. The second-order valence-electron chi connectivity index (χ2n) is 8.87. The van der Waals surface area contributed by atoms with Crippen LogP contribution in [0, 0.1) is 0 Å². The van der Waals surface area contributed by atoms with Crippen molar-refractivity contribution < 1.29 is 27.0 Å². The van der Waals surface area contributed by atoms with Gasteiger partial charge in [0.25, 0.3) is 5.19 Å². The van der Waals surface area contributed by atoms with Crippen molar-refractivity contribution in [1.82, 2.24) is 14.8 Å². The number of allylic oxidation sites excluding steroid dienone is 5. The van der Waals surface area contributed by atoms with Gasteiger partial charge in [0.05, 0.1) is 25.3 Å². The van der Waals surface area contributed by atoms with Crippen LogP contribution in [0.2, 0.25) is 0 Å². The predicted octanol–water partition coefficient (Wildman–Crippen LogP) is 5.76. The Morgan fingerprint density at radius 3 is 2.66 bits per heavy atom. The van der Waals surface area contributed by atoms with E-state index in [9.17, 15) is 8.42 Å². The highest BCUT2D eigenvalue weighted by atomic mass is 32.2. The first-order valence-electron chi connectivity index (χ1n) is 12.2. The summed E-state index contributed by atoms with van der Waals surface area (Å²) < 4.78 is 48.4. The average Bonchev–Trinajstić information content (AvgIpc) is 3.67. The van der Waals surface area contributed by atoms with Gasteiger partial charge in [-0.25, -0.2) is 23.1 Å². The third-order valence-electron chi connectivity index (χ3n) is 5.79. The number of ether oxygens (including phenoxy) is 3. The molecule has 3 heterocycles. The summed E-state index contributed by atoms with van der Waals surface area (Å²) in [5, 5.41) is 8.11. The molecule has 0 atom stereocenters. The maximum atomic E-state index is 12.0. The number of thiazole rings is 1. The smallest absolute Gasteiger partial charge is 0.293 e. The van der Waals surface area contributed by atoms with E-state index in [1.807, 2.05) is 18.4 Å². The highest BCUT2D eigenvalue weighted by Gasteiger charge is 2.15. The quantitative estimate of drug-likeness (QED) is 0.146. The number of fused-ring (bicyclic) bond motifs is 1. The first-order valence-corrected chi connectivity index (χ1v) is 15.8. The summed E-state index contributed by atoms with van der Waals surface area (Å²) in [4.78, 5) is 10.1. The Hall–Kier alpha value is -3.94. The molecule has 0 bridgehead atoms. The van der Waals surface area contributed by atoms with Gasteiger partial charge in [-0.15, -0.1) is 23.0 Å². The second-order valence-corrected chi connectivity index (χ2v) is 12.7. The van der Waals surface area contributed by atoms with Crippen LogP contribution in [-0.2, 0) is 23.5 Å². The van der Waals surface area contributed by atoms with Gasteiger partial charge in [0.1, 0.15) is 34.4 Å². The Bertz CT molecular complexity index is 1840. The second kappa shape index (κ2) is 12.7. The van der Waals surface area contributed by atoms with Crippen molar-refractivity contribution in [2.24, 2.45) is 12.0 Å². The number of sulfone groups is 1. The topological polar surface area (TPSA) is 118 Å². The van der Waals surface area contributed by atoms with Crippen LogP contribution in [0.15, 0.2) is 69.3 Å². The predicted molar refractivity (Wildman–Crippen MR) is 163 cm³/mol. The van der Waals surface area contributed by atoms with Gasteiger partial charge < -0.3 is 18.6 Å². The maximum Gasteiger partial charge on any atom is 0.293 e. The molecule has 1 aromatic carbocycles. The fraction of sp³-hybridized carbons (Fsp3) is 0.250. The maximum absolute atomic E-state index is 12.0. The molecule has 3 aromatic heterocycles. The van der Waals surface area contributed by atoms with Gasteiger partial charge in [-0.1, -0.05) is 18.7 Å². The van der Waals surface area contributed by atoms with Crippen molar-refractivity contribution in [2.45, 2.75) is 20.0 Å². The summed E-state index contributed by atoms with van der Waals surface area (Å²) in [6.45, 7) is 9.78. The molecule has 0 aliphatic carbocycles. The zero-order valence-electron chi connectivity index (χ0n) is 23.3. The van der Waals surface area contributed by atoms with Crippen molar-refractivity contribution in [2.75, 3.05) is 20.5 Å². The number of aryl methyl sites for hydroxylation is 1. The first-order chi connectivity index (χ1) is 19.5. The number of benzene rings is 1. The van der Waals surface area contributed by atoms with E-state index in [1.54, 1.807) is 56.3 Å². The number of hydrogen-bond acceptors (Lipinski definition) is 11. The molecular weight excluding hydrogens is 585 g/mol. The minimum atomic E-state index is -3.31. The molecule has 0 saturated carbocycles. The lowest BCUT2D eigenvalue weighted by molar-refractivity contribution is 0.303. The highest BCUT2D eigenvalue weighted by molar-refractivity contribution is 7.94. The molecule has 13 heteroatoms. The number of furan rings is 1. The summed E-state index contributed by atoms with van der Waals surface area (Å²) in [5.74, 6) is 1.60. The number of methoxy groups -OCH3 is 2. The Labute approximate surface area is 246 Å². The molecule has 4 aromatic rings. The van der Waals surface area contributed by atoms with Crippen LogP contribution in [0.25, 0.3) is 22.2 Å². The van der Waals surface area contributed by atoms with Gasteiger partial charge in [-0.2, -0.15) is 0 Å². The van der Waals surface area contributed by atoms with Crippen LogP contribution in [0.4, 0.5) is 0 Å². The van der Waals surface area contributed by atoms with Crippen molar-refractivity contribution in [3.8, 4) is 16.7 Å². The number of aromatic nitrogens is 3. The molecule has 0 saturated heterocycles. The van der Waals surface area contributed by atoms with Gasteiger partial charge >= 0.3 is 0 Å². The molecule has 0 fully saturated rings. The van der Waals surface area contributed by atoms with E-state index in [1.165, 1.54) is 28.9 Å². The van der Waals surface area contributed by atoms with E-state index in [0.717, 1.165) is 21.7 Å². The van der Waals surface area contributed by atoms with Crippen molar-refractivity contribution >= 4 is 54.8 Å². The fourth-order valence-electron chi connectivity index (χ4n) is 3.62. The number of rotatable bonds is 12. The molecule has 0 radical (unpaired) electrons. The largest absolute Gasteiger partial charge is 0.496 e. The molecule has 0 aliphatic rings. The van der Waals surface area contributed by atoms with Gasteiger partial charge in [0.2, 0.25) is 4.80 Å². The normalized spacial score (nSPS) is 13.0. The summed E-state index contributed by atoms with van der Waals surface area (Å²) in [5.41, 5.74) is 2.54. The summed E-state index contributed by atoms with van der Waals surface area (Å²) in [7, 11) is 1.58. The molecule has 0 N–H and O–H groups in total. The molecule has 216 valence electrons. The standard InChI is InChI=1S/C28H30N4O6S3/c1-8-9-21(41(7,33)34)11-10-17(2)26-30-19(16-39-26)15-37-24-12-20(35-5)13-25-22(24)14-23(38-25)18(3)29-27-32(4)31-28(36-6)40-27/h8,10-14,16H,1,3,9,15H2,2,4-7H3/b17-10+,21-11+,29-27?. The molecular formula is C28H30N4O6S3. The lowest BCUT2D eigenvalue weighted by atomic mass is 10.2. The van der Waals surface area contributed by atoms with Crippen LogP contribution in [-0.4, -0.2) is 43.7 Å². The van der Waals surface area contributed by atoms with E-state index in [2.05, 4.69) is 28.2 Å². The van der Waals surface area contributed by atoms with Crippen LogP contribution in [0.3, 0.4) is 0 Å². The molecule has 0 aliphatic heterocycles. The van der Waals surface area contributed by atoms with E-state index >= 15 is 0 Å². The SMILES string of the molecule is C=CC/C(=C\C=C(/C)c1nc(COc2cc(OC)cc3oc(C(=C)N=c4sc(OC)nn4C)cc23)cs1)S(C)(=O)=O. The summed E-state index contributed by atoms with van der Waals surface area (Å²) in [6.07, 6.45) is 6.37. The summed E-state index contributed by atoms with van der Waals surface area (Å²) in [6, 6.07) is 5.38. The summed E-state index contributed by atoms with van der Waals surface area (Å²) >= 11 is 2.74. The van der Waals surface area contributed by atoms with Crippen LogP contribution in [0.5, 0.6) is 16.7 Å². The lowest BCUT2D eigenvalue weighted by Gasteiger charge is -2.08. The highest BCUT2D eigenvalue weighted by Crippen LogP contribution is 2.36. The molecule has 0 spiro atoms. The first kappa shape index (κ1) is 30.0. The van der Waals surface area contributed by atoms with E-state index < -0.39 is 9.84 Å². The zero-order valence-corrected chi connectivity index (χ0v) is 25.8. The van der Waals surface area contributed by atoms with Crippen molar-refractivity contribution in [3.63, 3.8) is 0 Å². The molecule has 0 unspecified atom stereocenters. The van der Waals surface area contributed by atoms with Crippen molar-refractivity contribution in [3.05, 3.63) is 81.1 Å². The zero-order chi connectivity index (χ0) is 29.7. The Kier molecular flexibility index (Phi) is 9.31. The molecule has 4 rings (SSSR count). The van der Waals surface area contributed by atoms with E-state index in [0.29, 0.717) is 43.4 Å². The van der Waals surface area contributed by atoms with Crippen LogP contribution >= 0.6 is 22.7 Å². The minimum absolute atomic E-state index is 0.204. The number of nitrogens with zero attached hydrogens (tertiary/aromatic N) is 4. The third-order valence-corrected chi connectivity index (χ3v) is 9.03. The van der Waals surface area contributed by atoms with E-state index in [-0.39, 0.29) is 13.0 Å². The van der Waals surface area contributed by atoms with Gasteiger partial charge in [0, 0.05) is 42.1 Å². The Morgan fingerprint density at radius 2 is 2.00 bits per heavy atom. The number of hydrogen-bond donors (Lipinski definition) is 0. The Morgan fingerprint density at radius 1 is 1.22 bits per heavy atom. The fourth-order valence-corrected chi connectivity index (χ4v) is 5.88. The molecule has 10 nitrogen and oxygen atoms in total.